The lowest BCUT2D eigenvalue weighted by Gasteiger charge is -2.04. The number of hydrogen-bond donors (Lipinski definition) is 1. The molecule has 0 aliphatic rings. The fourth-order valence-electron chi connectivity index (χ4n) is 2.16. The Labute approximate surface area is 120 Å². The van der Waals surface area contributed by atoms with E-state index in [9.17, 15) is 4.39 Å². The maximum absolute atomic E-state index is 13.4. The molecule has 3 rings (SSSR count). The van der Waals surface area contributed by atoms with Crippen molar-refractivity contribution in [3.8, 4) is 28.2 Å². The number of halogens is 1. The lowest BCUT2D eigenvalue weighted by atomic mass is 10.0. The summed E-state index contributed by atoms with van der Waals surface area (Å²) in [5, 5.41) is 3.79. The number of benzene rings is 2. The van der Waals surface area contributed by atoms with Crippen molar-refractivity contribution in [1.29, 1.82) is 0 Å². The summed E-state index contributed by atoms with van der Waals surface area (Å²) in [7, 11) is 1.60. The first-order valence-electron chi connectivity index (χ1n) is 6.34. The minimum atomic E-state index is -0.339. The van der Waals surface area contributed by atoms with Gasteiger partial charge >= 0.3 is 0 Å². The van der Waals surface area contributed by atoms with Crippen molar-refractivity contribution >= 4 is 5.82 Å². The maximum atomic E-state index is 13.4. The van der Waals surface area contributed by atoms with Gasteiger partial charge in [0, 0.05) is 5.56 Å². The highest BCUT2D eigenvalue weighted by Crippen LogP contribution is 2.37. The number of ether oxygens (including phenoxy) is 1. The molecule has 21 heavy (non-hydrogen) atoms. The Morgan fingerprint density at radius 2 is 1.86 bits per heavy atom. The van der Waals surface area contributed by atoms with Gasteiger partial charge in [0.1, 0.15) is 11.6 Å². The zero-order chi connectivity index (χ0) is 14.8. The molecule has 0 unspecified atom stereocenters. The van der Waals surface area contributed by atoms with E-state index in [1.165, 1.54) is 12.1 Å². The Hall–Kier alpha value is -2.82. The summed E-state index contributed by atoms with van der Waals surface area (Å²) in [4.78, 5) is 0. The Morgan fingerprint density at radius 3 is 2.52 bits per heavy atom. The summed E-state index contributed by atoms with van der Waals surface area (Å²) < 4.78 is 23.8. The van der Waals surface area contributed by atoms with Gasteiger partial charge < -0.3 is 15.0 Å². The minimum Gasteiger partial charge on any atom is -0.497 e. The maximum Gasteiger partial charge on any atom is 0.176 e. The highest BCUT2D eigenvalue weighted by molar-refractivity contribution is 5.86. The van der Waals surface area contributed by atoms with Crippen LogP contribution in [0.15, 0.2) is 53.1 Å². The van der Waals surface area contributed by atoms with Crippen LogP contribution in [0.25, 0.3) is 22.5 Å². The van der Waals surface area contributed by atoms with Crippen molar-refractivity contribution in [2.45, 2.75) is 0 Å². The van der Waals surface area contributed by atoms with Gasteiger partial charge in [0.2, 0.25) is 0 Å². The Balaban J connectivity index is 2.12. The van der Waals surface area contributed by atoms with Crippen molar-refractivity contribution in [3.05, 3.63) is 54.3 Å². The van der Waals surface area contributed by atoms with Gasteiger partial charge in [0.05, 0.1) is 12.7 Å². The van der Waals surface area contributed by atoms with Crippen LogP contribution in [-0.4, -0.2) is 12.3 Å². The molecule has 0 aliphatic carbocycles. The van der Waals surface area contributed by atoms with Crippen LogP contribution >= 0.6 is 0 Å². The molecule has 0 saturated carbocycles. The van der Waals surface area contributed by atoms with Crippen molar-refractivity contribution in [2.24, 2.45) is 0 Å². The van der Waals surface area contributed by atoms with E-state index in [4.69, 9.17) is 15.0 Å². The molecule has 2 aromatic carbocycles. The van der Waals surface area contributed by atoms with Crippen LogP contribution in [0.2, 0.25) is 0 Å². The van der Waals surface area contributed by atoms with Crippen LogP contribution in [0.5, 0.6) is 5.75 Å². The first-order valence-corrected chi connectivity index (χ1v) is 6.34. The predicted octanol–water partition coefficient (Wildman–Crippen LogP) is 3.74. The first kappa shape index (κ1) is 13.2. The van der Waals surface area contributed by atoms with E-state index in [0.717, 1.165) is 11.3 Å². The molecule has 0 atom stereocenters. The van der Waals surface area contributed by atoms with Gasteiger partial charge in [-0.25, -0.2) is 4.39 Å². The second-order valence-electron chi connectivity index (χ2n) is 4.51. The van der Waals surface area contributed by atoms with Crippen LogP contribution < -0.4 is 10.5 Å². The van der Waals surface area contributed by atoms with Crippen molar-refractivity contribution < 1.29 is 13.7 Å². The Bertz CT molecular complexity index is 766. The average molecular weight is 284 g/mol. The molecule has 0 aliphatic heterocycles. The third-order valence-electron chi connectivity index (χ3n) is 3.18. The van der Waals surface area contributed by atoms with E-state index < -0.39 is 0 Å². The number of rotatable bonds is 3. The predicted molar refractivity (Wildman–Crippen MR) is 78.3 cm³/mol. The molecule has 0 saturated heterocycles. The molecular weight excluding hydrogens is 271 g/mol. The lowest BCUT2D eigenvalue weighted by molar-refractivity contribution is 0.414. The summed E-state index contributed by atoms with van der Waals surface area (Å²) >= 11 is 0. The highest BCUT2D eigenvalue weighted by atomic mass is 19.1. The average Bonchev–Trinajstić information content (AvgIpc) is 2.89. The number of nitrogen functional groups attached to an aromatic ring is 1. The first-order chi connectivity index (χ1) is 10.2. The standard InChI is InChI=1S/C16H13FN2O2/c1-20-13-7-5-10(6-8-13)15-14(16(18)19-21-15)11-3-2-4-12(17)9-11/h2-9H,1H3,(H2,18,19). The molecule has 2 N–H and O–H groups in total. The van der Waals surface area contributed by atoms with Gasteiger partial charge in [-0.15, -0.1) is 0 Å². The number of methoxy groups -OCH3 is 1. The summed E-state index contributed by atoms with van der Waals surface area (Å²) in [5.74, 6) is 1.12. The third-order valence-corrected chi connectivity index (χ3v) is 3.18. The SMILES string of the molecule is COc1ccc(-c2onc(N)c2-c2cccc(F)c2)cc1. The van der Waals surface area contributed by atoms with E-state index in [1.807, 2.05) is 24.3 Å². The summed E-state index contributed by atoms with van der Waals surface area (Å²) in [6.07, 6.45) is 0. The molecule has 0 radical (unpaired) electrons. The summed E-state index contributed by atoms with van der Waals surface area (Å²) in [5.41, 5.74) is 7.86. The van der Waals surface area contributed by atoms with Crippen molar-refractivity contribution in [2.75, 3.05) is 12.8 Å². The second-order valence-corrected chi connectivity index (χ2v) is 4.51. The molecule has 3 aromatic rings. The van der Waals surface area contributed by atoms with E-state index in [-0.39, 0.29) is 11.6 Å². The Kier molecular flexibility index (Phi) is 3.31. The number of nitrogens with zero attached hydrogens (tertiary/aromatic N) is 1. The van der Waals surface area contributed by atoms with E-state index in [0.29, 0.717) is 16.9 Å². The summed E-state index contributed by atoms with van der Waals surface area (Å²) in [6, 6.07) is 13.4. The highest BCUT2D eigenvalue weighted by Gasteiger charge is 2.18. The molecular formula is C16H13FN2O2. The van der Waals surface area contributed by atoms with Crippen LogP contribution in [-0.2, 0) is 0 Å². The van der Waals surface area contributed by atoms with Gasteiger partial charge in [0.15, 0.2) is 11.6 Å². The number of aromatic nitrogens is 1. The minimum absolute atomic E-state index is 0.228. The van der Waals surface area contributed by atoms with Crippen LogP contribution in [0.4, 0.5) is 10.2 Å². The fraction of sp³-hybridized carbons (Fsp3) is 0.0625. The van der Waals surface area contributed by atoms with E-state index in [2.05, 4.69) is 5.16 Å². The summed E-state index contributed by atoms with van der Waals surface area (Å²) in [6.45, 7) is 0. The largest absolute Gasteiger partial charge is 0.497 e. The molecule has 0 bridgehead atoms. The van der Waals surface area contributed by atoms with Gasteiger partial charge in [0.25, 0.3) is 0 Å². The van der Waals surface area contributed by atoms with Crippen LogP contribution in [0.1, 0.15) is 0 Å². The number of hydrogen-bond acceptors (Lipinski definition) is 4. The second kappa shape index (κ2) is 5.28. The molecule has 5 heteroatoms. The zero-order valence-electron chi connectivity index (χ0n) is 11.3. The van der Waals surface area contributed by atoms with Crippen LogP contribution in [0, 0.1) is 5.82 Å². The van der Waals surface area contributed by atoms with Crippen molar-refractivity contribution in [1.82, 2.24) is 5.16 Å². The quantitative estimate of drug-likeness (QED) is 0.796. The molecule has 106 valence electrons. The van der Waals surface area contributed by atoms with Gasteiger partial charge in [-0.1, -0.05) is 17.3 Å². The topological polar surface area (TPSA) is 61.3 Å². The van der Waals surface area contributed by atoms with E-state index >= 15 is 0 Å². The third kappa shape index (κ3) is 2.45. The van der Waals surface area contributed by atoms with Gasteiger partial charge in [-0.3, -0.25) is 0 Å². The lowest BCUT2D eigenvalue weighted by Crippen LogP contribution is -1.89. The fourth-order valence-corrected chi connectivity index (χ4v) is 2.16. The molecule has 0 amide bonds. The van der Waals surface area contributed by atoms with Gasteiger partial charge in [-0.05, 0) is 42.0 Å². The molecule has 0 fully saturated rings. The Morgan fingerprint density at radius 1 is 1.10 bits per heavy atom. The van der Waals surface area contributed by atoms with Crippen LogP contribution in [0.3, 0.4) is 0 Å². The number of anilines is 1. The molecule has 1 heterocycles. The molecule has 0 spiro atoms. The van der Waals surface area contributed by atoms with Crippen molar-refractivity contribution in [3.63, 3.8) is 0 Å². The van der Waals surface area contributed by atoms with E-state index in [1.54, 1.807) is 19.2 Å². The number of nitrogens with two attached hydrogens (primary N) is 1. The normalized spacial score (nSPS) is 10.6. The molecule has 4 nitrogen and oxygen atoms in total. The smallest absolute Gasteiger partial charge is 0.176 e. The monoisotopic (exact) mass is 284 g/mol. The molecule has 1 aromatic heterocycles. The van der Waals surface area contributed by atoms with Gasteiger partial charge in [-0.2, -0.15) is 0 Å². The zero-order valence-corrected chi connectivity index (χ0v) is 11.3.